The lowest BCUT2D eigenvalue weighted by molar-refractivity contribution is 0.477. The first-order valence-corrected chi connectivity index (χ1v) is 15.0. The van der Waals surface area contributed by atoms with Gasteiger partial charge in [-0.3, -0.25) is 4.57 Å². The summed E-state index contributed by atoms with van der Waals surface area (Å²) in [5.41, 5.74) is 10.7. The van der Waals surface area contributed by atoms with Crippen molar-refractivity contribution < 1.29 is 5.11 Å². The van der Waals surface area contributed by atoms with Gasteiger partial charge >= 0.3 is 0 Å². The fraction of sp³-hybridized carbons (Fsp3) is 0.154. The van der Waals surface area contributed by atoms with Gasteiger partial charge in [-0.05, 0) is 63.7 Å². The number of nitrogens with zero attached hydrogens (tertiary/aromatic N) is 2. The van der Waals surface area contributed by atoms with Gasteiger partial charge in [0.1, 0.15) is 11.6 Å². The predicted octanol–water partition coefficient (Wildman–Crippen LogP) is 10.5. The van der Waals surface area contributed by atoms with Gasteiger partial charge in [0.05, 0.1) is 28.0 Å². The standard InChI is InChI=1S/C39H35N3O/c1-24(2)29-17-10-18-30(25(3)4)38(29)42-34-20-11-19-31(37(34)41-39(42)33-16-7-8-21-35(33)43)26-13-9-14-27(22-26)36-32-15-6-5-12-28(32)23-40-36/h5-25,40,43H,1-4H3. The zero-order valence-electron chi connectivity index (χ0n) is 25.0. The Morgan fingerprint density at radius 3 is 2.09 bits per heavy atom. The highest BCUT2D eigenvalue weighted by Crippen LogP contribution is 2.41. The molecule has 212 valence electrons. The van der Waals surface area contributed by atoms with E-state index in [0.29, 0.717) is 17.4 Å². The maximum absolute atomic E-state index is 11.1. The summed E-state index contributed by atoms with van der Waals surface area (Å²) in [6.07, 6.45) is 2.07. The van der Waals surface area contributed by atoms with Crippen LogP contribution in [0.4, 0.5) is 0 Å². The molecule has 7 rings (SSSR count). The van der Waals surface area contributed by atoms with Crippen molar-refractivity contribution in [2.24, 2.45) is 0 Å². The number of aromatic hydroxyl groups is 1. The molecule has 43 heavy (non-hydrogen) atoms. The molecule has 0 radical (unpaired) electrons. The number of para-hydroxylation sites is 3. The van der Waals surface area contributed by atoms with E-state index in [1.54, 1.807) is 6.07 Å². The Kier molecular flexibility index (Phi) is 6.62. The Bertz CT molecular complexity index is 2080. The fourth-order valence-electron chi connectivity index (χ4n) is 6.33. The smallest absolute Gasteiger partial charge is 0.149 e. The van der Waals surface area contributed by atoms with Crippen LogP contribution >= 0.6 is 0 Å². The maximum Gasteiger partial charge on any atom is 0.149 e. The predicted molar refractivity (Wildman–Crippen MR) is 179 cm³/mol. The van der Waals surface area contributed by atoms with Crippen LogP contribution in [0.5, 0.6) is 5.75 Å². The molecule has 0 aliphatic carbocycles. The van der Waals surface area contributed by atoms with Crippen molar-refractivity contribution in [2.45, 2.75) is 39.5 Å². The number of phenols is 1. The van der Waals surface area contributed by atoms with Crippen molar-refractivity contribution >= 4 is 21.8 Å². The van der Waals surface area contributed by atoms with Crippen LogP contribution in [0.2, 0.25) is 0 Å². The number of hydrogen-bond donors (Lipinski definition) is 2. The van der Waals surface area contributed by atoms with E-state index in [1.165, 1.54) is 21.9 Å². The second kappa shape index (κ2) is 10.6. The van der Waals surface area contributed by atoms with Crippen LogP contribution in [-0.4, -0.2) is 19.6 Å². The molecule has 0 amide bonds. The van der Waals surface area contributed by atoms with Crippen molar-refractivity contribution in [2.75, 3.05) is 0 Å². The van der Waals surface area contributed by atoms with Gasteiger partial charge in [-0.25, -0.2) is 4.98 Å². The first-order valence-electron chi connectivity index (χ1n) is 15.0. The molecule has 0 fully saturated rings. The Labute approximate surface area is 252 Å². The Morgan fingerprint density at radius 2 is 1.33 bits per heavy atom. The highest BCUT2D eigenvalue weighted by atomic mass is 16.3. The first-order chi connectivity index (χ1) is 20.9. The zero-order chi connectivity index (χ0) is 29.7. The van der Waals surface area contributed by atoms with E-state index in [-0.39, 0.29) is 5.75 Å². The lowest BCUT2D eigenvalue weighted by Gasteiger charge is -2.22. The van der Waals surface area contributed by atoms with Gasteiger partial charge in [-0.15, -0.1) is 0 Å². The number of phenolic OH excluding ortho intramolecular Hbond substituents is 1. The fourth-order valence-corrected chi connectivity index (χ4v) is 6.33. The molecule has 7 aromatic rings. The molecule has 0 saturated carbocycles. The van der Waals surface area contributed by atoms with Crippen molar-refractivity contribution in [3.63, 3.8) is 0 Å². The minimum atomic E-state index is 0.217. The number of aromatic amines is 1. The molecule has 0 spiro atoms. The van der Waals surface area contributed by atoms with Crippen LogP contribution in [0.3, 0.4) is 0 Å². The van der Waals surface area contributed by atoms with Crippen LogP contribution in [0, 0.1) is 0 Å². The minimum absolute atomic E-state index is 0.217. The van der Waals surface area contributed by atoms with E-state index in [0.717, 1.165) is 44.9 Å². The highest BCUT2D eigenvalue weighted by Gasteiger charge is 2.24. The molecule has 0 aliphatic rings. The summed E-state index contributed by atoms with van der Waals surface area (Å²) in [6.45, 7) is 8.96. The molecule has 4 nitrogen and oxygen atoms in total. The zero-order valence-corrected chi connectivity index (χ0v) is 25.0. The molecule has 2 aromatic heterocycles. The average Bonchev–Trinajstić information content (AvgIpc) is 3.63. The molecule has 4 heteroatoms. The van der Waals surface area contributed by atoms with E-state index >= 15 is 0 Å². The second-order valence-electron chi connectivity index (χ2n) is 11.9. The Balaban J connectivity index is 1.52. The number of imidazole rings is 1. The first kappa shape index (κ1) is 26.8. The third-order valence-corrected chi connectivity index (χ3v) is 8.46. The summed E-state index contributed by atoms with van der Waals surface area (Å²) >= 11 is 0. The van der Waals surface area contributed by atoms with Gasteiger partial charge in [-0.1, -0.05) is 113 Å². The molecule has 0 aliphatic heterocycles. The molecule has 0 saturated heterocycles. The number of hydrogen-bond acceptors (Lipinski definition) is 2. The largest absolute Gasteiger partial charge is 0.507 e. The number of H-pyrrole nitrogens is 1. The molecule has 2 heterocycles. The third kappa shape index (κ3) is 4.51. The van der Waals surface area contributed by atoms with Gasteiger partial charge in [0.2, 0.25) is 0 Å². The van der Waals surface area contributed by atoms with Crippen molar-refractivity contribution in [3.8, 4) is 45.2 Å². The summed E-state index contributed by atoms with van der Waals surface area (Å²) in [6, 6.07) is 37.6. The van der Waals surface area contributed by atoms with Crippen molar-refractivity contribution in [1.29, 1.82) is 0 Å². The van der Waals surface area contributed by atoms with Crippen LogP contribution in [0.15, 0.2) is 115 Å². The van der Waals surface area contributed by atoms with E-state index in [4.69, 9.17) is 4.98 Å². The van der Waals surface area contributed by atoms with Gasteiger partial charge in [0.25, 0.3) is 0 Å². The number of aromatic nitrogens is 3. The Morgan fingerprint density at radius 1 is 0.674 bits per heavy atom. The lowest BCUT2D eigenvalue weighted by Crippen LogP contribution is -2.08. The van der Waals surface area contributed by atoms with Crippen LogP contribution in [-0.2, 0) is 0 Å². The summed E-state index contributed by atoms with van der Waals surface area (Å²) in [5, 5.41) is 13.5. The number of rotatable bonds is 6. The maximum atomic E-state index is 11.1. The molecule has 5 aromatic carbocycles. The third-order valence-electron chi connectivity index (χ3n) is 8.46. The molecule has 2 N–H and O–H groups in total. The quantitative estimate of drug-likeness (QED) is 0.212. The van der Waals surface area contributed by atoms with Gasteiger partial charge < -0.3 is 10.1 Å². The van der Waals surface area contributed by atoms with Crippen molar-refractivity contribution in [1.82, 2.24) is 14.5 Å². The Hall–Kier alpha value is -5.09. The summed E-state index contributed by atoms with van der Waals surface area (Å²) in [7, 11) is 0. The van der Waals surface area contributed by atoms with E-state index < -0.39 is 0 Å². The van der Waals surface area contributed by atoms with E-state index in [2.05, 4.69) is 128 Å². The van der Waals surface area contributed by atoms with Crippen LogP contribution < -0.4 is 0 Å². The monoisotopic (exact) mass is 561 g/mol. The lowest BCUT2D eigenvalue weighted by atomic mass is 9.92. The van der Waals surface area contributed by atoms with Gasteiger partial charge in [-0.2, -0.15) is 0 Å². The normalized spacial score (nSPS) is 11.8. The molecular formula is C39H35N3O. The minimum Gasteiger partial charge on any atom is -0.507 e. The van der Waals surface area contributed by atoms with Gasteiger partial charge in [0, 0.05) is 17.1 Å². The molecule has 0 bridgehead atoms. The summed E-state index contributed by atoms with van der Waals surface area (Å²) in [5.74, 6) is 1.56. The highest BCUT2D eigenvalue weighted by molar-refractivity contribution is 5.99. The number of fused-ring (bicyclic) bond motifs is 2. The van der Waals surface area contributed by atoms with Gasteiger partial charge in [0.15, 0.2) is 0 Å². The average molecular weight is 562 g/mol. The topological polar surface area (TPSA) is 53.8 Å². The van der Waals surface area contributed by atoms with E-state index in [9.17, 15) is 5.11 Å². The second-order valence-corrected chi connectivity index (χ2v) is 11.9. The molecule has 0 atom stereocenters. The number of benzene rings is 5. The SMILES string of the molecule is CC(C)c1cccc(C(C)C)c1-n1c(-c2ccccc2O)nc2c(-c3cccc(-c4[nH]cc5ccccc45)c3)cccc21. The van der Waals surface area contributed by atoms with Crippen molar-refractivity contribution in [3.05, 3.63) is 127 Å². The molecule has 0 unspecified atom stereocenters. The van der Waals surface area contributed by atoms with Crippen LogP contribution in [0.1, 0.15) is 50.7 Å². The summed E-state index contributed by atoms with van der Waals surface area (Å²) in [4.78, 5) is 8.83. The summed E-state index contributed by atoms with van der Waals surface area (Å²) < 4.78 is 2.28. The number of nitrogens with one attached hydrogen (secondary N) is 1. The van der Waals surface area contributed by atoms with E-state index in [1.807, 2.05) is 18.2 Å². The molecular weight excluding hydrogens is 526 g/mol. The van der Waals surface area contributed by atoms with Crippen LogP contribution in [0.25, 0.3) is 61.3 Å².